The quantitative estimate of drug-likeness (QED) is 0.626. The summed E-state index contributed by atoms with van der Waals surface area (Å²) in [5, 5.41) is 8.65. The van der Waals surface area contributed by atoms with Crippen LogP contribution in [0.15, 0.2) is 0 Å². The van der Waals surface area contributed by atoms with Crippen LogP contribution >= 0.6 is 0 Å². The Bertz CT molecular complexity index is 171. The van der Waals surface area contributed by atoms with Gasteiger partial charge in [0.2, 0.25) is 0 Å². The van der Waals surface area contributed by atoms with E-state index in [4.69, 9.17) is 5.26 Å². The summed E-state index contributed by atoms with van der Waals surface area (Å²) in [4.78, 5) is 2.42. The second-order valence-electron chi connectivity index (χ2n) is 4.04. The van der Waals surface area contributed by atoms with E-state index in [0.29, 0.717) is 0 Å². The fraction of sp³-hybridized carbons (Fsp3) is 0.900. The summed E-state index contributed by atoms with van der Waals surface area (Å²) in [6, 6.07) is 2.29. The molecule has 2 heteroatoms. The smallest absolute Gasteiger partial charge is 0.0666 e. The fourth-order valence-electron chi connectivity index (χ4n) is 1.88. The molecule has 1 rings (SSSR count). The molecule has 0 aliphatic carbocycles. The molecule has 0 amide bonds. The second kappa shape index (κ2) is 4.47. The van der Waals surface area contributed by atoms with Crippen LogP contribution in [0.4, 0.5) is 0 Å². The summed E-state index contributed by atoms with van der Waals surface area (Å²) < 4.78 is 0. The fourth-order valence-corrected chi connectivity index (χ4v) is 1.88. The van der Waals surface area contributed by atoms with Crippen LogP contribution in [0.25, 0.3) is 0 Å². The van der Waals surface area contributed by atoms with Crippen LogP contribution in [0, 0.1) is 23.2 Å². The Hall–Kier alpha value is -0.550. The Morgan fingerprint density at radius 2 is 2.42 bits per heavy atom. The molecule has 2 atom stereocenters. The lowest BCUT2D eigenvalue weighted by atomic mass is 9.99. The lowest BCUT2D eigenvalue weighted by Gasteiger charge is -2.31. The van der Waals surface area contributed by atoms with Crippen molar-refractivity contribution in [3.05, 3.63) is 0 Å². The lowest BCUT2D eigenvalue weighted by molar-refractivity contribution is 0.173. The molecule has 1 saturated heterocycles. The number of piperidine rings is 1. The Morgan fingerprint density at radius 3 is 3.00 bits per heavy atom. The largest absolute Gasteiger partial charge is 0.302 e. The van der Waals surface area contributed by atoms with Crippen molar-refractivity contribution in [1.82, 2.24) is 4.90 Å². The minimum atomic E-state index is 0.190. The first-order chi connectivity index (χ1) is 5.72. The zero-order valence-electron chi connectivity index (χ0n) is 8.08. The van der Waals surface area contributed by atoms with Gasteiger partial charge in [-0.15, -0.1) is 0 Å². The van der Waals surface area contributed by atoms with Crippen molar-refractivity contribution in [2.45, 2.75) is 26.7 Å². The molecule has 1 aliphatic heterocycles. The molecular weight excluding hydrogens is 148 g/mol. The highest BCUT2D eigenvalue weighted by Gasteiger charge is 2.17. The normalized spacial score (nSPS) is 27.9. The first-order valence-corrected chi connectivity index (χ1v) is 4.84. The van der Waals surface area contributed by atoms with E-state index in [0.717, 1.165) is 12.5 Å². The summed E-state index contributed by atoms with van der Waals surface area (Å²) in [7, 11) is 0. The summed E-state index contributed by atoms with van der Waals surface area (Å²) in [6.45, 7) is 7.63. The molecule has 1 aliphatic rings. The van der Waals surface area contributed by atoms with Crippen LogP contribution in [0.3, 0.4) is 0 Å². The van der Waals surface area contributed by atoms with E-state index in [1.54, 1.807) is 0 Å². The van der Waals surface area contributed by atoms with E-state index in [9.17, 15) is 0 Å². The van der Waals surface area contributed by atoms with Gasteiger partial charge in [-0.3, -0.25) is 0 Å². The maximum absolute atomic E-state index is 8.65. The van der Waals surface area contributed by atoms with Crippen LogP contribution in [0.1, 0.15) is 26.7 Å². The van der Waals surface area contributed by atoms with Crippen LogP contribution in [-0.2, 0) is 0 Å². The highest BCUT2D eigenvalue weighted by atomic mass is 15.1. The van der Waals surface area contributed by atoms with Gasteiger partial charge < -0.3 is 4.90 Å². The molecule has 0 N–H and O–H groups in total. The Kier molecular flexibility index (Phi) is 3.55. The Labute approximate surface area is 75.2 Å². The molecule has 0 aromatic rings. The van der Waals surface area contributed by atoms with Gasteiger partial charge >= 0.3 is 0 Å². The number of likely N-dealkylation sites (tertiary alicyclic amines) is 1. The van der Waals surface area contributed by atoms with Crippen LogP contribution in [0.2, 0.25) is 0 Å². The molecule has 2 unspecified atom stereocenters. The third-order valence-corrected chi connectivity index (χ3v) is 2.49. The summed E-state index contributed by atoms with van der Waals surface area (Å²) in [5.41, 5.74) is 0. The van der Waals surface area contributed by atoms with Gasteiger partial charge in [0.1, 0.15) is 0 Å². The topological polar surface area (TPSA) is 27.0 Å². The van der Waals surface area contributed by atoms with Gasteiger partial charge in [0.25, 0.3) is 0 Å². The predicted molar refractivity (Wildman–Crippen MR) is 49.6 cm³/mol. The number of nitrogens with zero attached hydrogens (tertiary/aromatic N) is 2. The van der Waals surface area contributed by atoms with Gasteiger partial charge in [-0.2, -0.15) is 5.26 Å². The zero-order chi connectivity index (χ0) is 8.97. The van der Waals surface area contributed by atoms with E-state index < -0.39 is 0 Å². The molecule has 0 saturated carbocycles. The van der Waals surface area contributed by atoms with E-state index in [2.05, 4.69) is 17.9 Å². The van der Waals surface area contributed by atoms with Gasteiger partial charge in [0.15, 0.2) is 0 Å². The molecule has 1 fully saturated rings. The highest BCUT2D eigenvalue weighted by Crippen LogP contribution is 2.16. The van der Waals surface area contributed by atoms with Crippen molar-refractivity contribution in [2.24, 2.45) is 11.8 Å². The SMILES string of the molecule is CC(C#N)CN1CCCC(C)C1. The van der Waals surface area contributed by atoms with Gasteiger partial charge in [0, 0.05) is 13.1 Å². The summed E-state index contributed by atoms with van der Waals surface area (Å²) >= 11 is 0. The third-order valence-electron chi connectivity index (χ3n) is 2.49. The summed E-state index contributed by atoms with van der Waals surface area (Å²) in [5.74, 6) is 1.01. The molecule has 0 aromatic heterocycles. The molecule has 0 radical (unpaired) electrons. The minimum Gasteiger partial charge on any atom is -0.302 e. The standard InChI is InChI=1S/C10H18N2/c1-9-4-3-5-12(7-9)8-10(2)6-11/h9-10H,3-5,7-8H2,1-2H3. The molecule has 68 valence electrons. The van der Waals surface area contributed by atoms with Gasteiger partial charge in [-0.1, -0.05) is 6.92 Å². The highest BCUT2D eigenvalue weighted by molar-refractivity contribution is 4.82. The first-order valence-electron chi connectivity index (χ1n) is 4.84. The van der Waals surface area contributed by atoms with Crippen molar-refractivity contribution in [3.63, 3.8) is 0 Å². The van der Waals surface area contributed by atoms with E-state index in [1.807, 2.05) is 6.92 Å². The molecule has 0 spiro atoms. The minimum absolute atomic E-state index is 0.190. The first kappa shape index (κ1) is 9.54. The van der Waals surface area contributed by atoms with E-state index in [-0.39, 0.29) is 5.92 Å². The number of nitriles is 1. The Balaban J connectivity index is 2.28. The average Bonchev–Trinajstić information content (AvgIpc) is 2.04. The monoisotopic (exact) mass is 166 g/mol. The molecular formula is C10H18N2. The van der Waals surface area contributed by atoms with Gasteiger partial charge in [-0.05, 0) is 32.2 Å². The van der Waals surface area contributed by atoms with Crippen molar-refractivity contribution >= 4 is 0 Å². The van der Waals surface area contributed by atoms with Gasteiger partial charge in [0.05, 0.1) is 12.0 Å². The molecule has 2 nitrogen and oxygen atoms in total. The van der Waals surface area contributed by atoms with Crippen molar-refractivity contribution in [1.29, 1.82) is 5.26 Å². The number of hydrogen-bond acceptors (Lipinski definition) is 2. The molecule has 0 aromatic carbocycles. The average molecular weight is 166 g/mol. The van der Waals surface area contributed by atoms with Crippen LogP contribution in [0.5, 0.6) is 0 Å². The van der Waals surface area contributed by atoms with Gasteiger partial charge in [-0.25, -0.2) is 0 Å². The molecule has 12 heavy (non-hydrogen) atoms. The third kappa shape index (κ3) is 2.83. The number of hydrogen-bond donors (Lipinski definition) is 0. The van der Waals surface area contributed by atoms with Crippen molar-refractivity contribution in [3.8, 4) is 6.07 Å². The zero-order valence-corrected chi connectivity index (χ0v) is 8.08. The van der Waals surface area contributed by atoms with E-state index >= 15 is 0 Å². The number of rotatable bonds is 2. The maximum Gasteiger partial charge on any atom is 0.0666 e. The van der Waals surface area contributed by atoms with Crippen molar-refractivity contribution in [2.75, 3.05) is 19.6 Å². The van der Waals surface area contributed by atoms with E-state index in [1.165, 1.54) is 25.9 Å². The summed E-state index contributed by atoms with van der Waals surface area (Å²) in [6.07, 6.45) is 2.66. The second-order valence-corrected chi connectivity index (χ2v) is 4.04. The van der Waals surface area contributed by atoms with Crippen molar-refractivity contribution < 1.29 is 0 Å². The van der Waals surface area contributed by atoms with Crippen LogP contribution < -0.4 is 0 Å². The molecule has 1 heterocycles. The lowest BCUT2D eigenvalue weighted by Crippen LogP contribution is -2.36. The van der Waals surface area contributed by atoms with Crippen LogP contribution in [-0.4, -0.2) is 24.5 Å². The Morgan fingerprint density at radius 1 is 1.67 bits per heavy atom. The molecule has 0 bridgehead atoms. The predicted octanol–water partition coefficient (Wildman–Crippen LogP) is 1.88. The maximum atomic E-state index is 8.65.